The Morgan fingerprint density at radius 3 is 1.41 bits per heavy atom. The van der Waals surface area contributed by atoms with Crippen molar-refractivity contribution in [2.24, 2.45) is 0 Å². The predicted octanol–water partition coefficient (Wildman–Crippen LogP) is 5.25. The fourth-order valence-electron chi connectivity index (χ4n) is 4.10. The normalized spacial score (nSPS) is 16.0. The van der Waals surface area contributed by atoms with Gasteiger partial charge < -0.3 is 9.47 Å². The van der Waals surface area contributed by atoms with E-state index in [0.29, 0.717) is 5.66 Å². The zero-order valence-electron chi connectivity index (χ0n) is 17.4. The highest BCUT2D eigenvalue weighted by Crippen LogP contribution is 2.47. The van der Waals surface area contributed by atoms with Crippen molar-refractivity contribution < 1.29 is 9.47 Å². The summed E-state index contributed by atoms with van der Waals surface area (Å²) in [6.07, 6.45) is 6.79. The molecule has 3 heteroatoms. The molecule has 0 fully saturated rings. The van der Waals surface area contributed by atoms with Crippen LogP contribution in [0.25, 0.3) is 0 Å². The molecule has 0 bridgehead atoms. The topological polar surface area (TPSA) is 18.5 Å². The van der Waals surface area contributed by atoms with Crippen LogP contribution >= 0.6 is 7.92 Å². The molecule has 0 radical (unpaired) electrons. The highest BCUT2D eigenvalue weighted by atomic mass is 31.1. The first-order valence-electron chi connectivity index (χ1n) is 9.32. The van der Waals surface area contributed by atoms with Gasteiger partial charge in [0.25, 0.3) is 0 Å². The highest BCUT2D eigenvalue weighted by Gasteiger charge is 2.27. The van der Waals surface area contributed by atoms with E-state index in [1.54, 1.807) is 14.2 Å². The van der Waals surface area contributed by atoms with Crippen molar-refractivity contribution in [3.63, 3.8) is 0 Å². The van der Waals surface area contributed by atoms with Crippen LogP contribution in [0.1, 0.15) is 29.2 Å². The van der Waals surface area contributed by atoms with Gasteiger partial charge in [-0.2, -0.15) is 0 Å². The zero-order chi connectivity index (χ0) is 19.7. The molecule has 1 aliphatic carbocycles. The summed E-state index contributed by atoms with van der Waals surface area (Å²) in [6.45, 7) is 10.8. The Balaban J connectivity index is 2.20. The number of allylic oxidation sites excluding steroid dienone is 4. The lowest BCUT2D eigenvalue weighted by Gasteiger charge is -2.28. The molecular weight excluding hydrogens is 351 g/mol. The second-order valence-corrected chi connectivity index (χ2v) is 9.67. The Labute approximate surface area is 164 Å². The molecule has 0 aliphatic heterocycles. The Kier molecular flexibility index (Phi) is 5.77. The van der Waals surface area contributed by atoms with Crippen LogP contribution < -0.4 is 20.1 Å². The molecule has 3 rings (SSSR count). The number of ether oxygens (including phenoxy) is 2. The minimum Gasteiger partial charge on any atom is -0.496 e. The molecule has 2 nitrogen and oxygen atoms in total. The van der Waals surface area contributed by atoms with E-state index in [4.69, 9.17) is 9.47 Å². The van der Waals surface area contributed by atoms with E-state index in [2.05, 4.69) is 77.1 Å². The SMILES string of the molecule is COc1c(C)cc(P(c2cc(C)c(OC)c(C)c2)C2C=CC=C2C)cc1C. The monoisotopic (exact) mass is 380 g/mol. The van der Waals surface area contributed by atoms with E-state index in [0.717, 1.165) is 11.5 Å². The minimum atomic E-state index is -0.557. The van der Waals surface area contributed by atoms with Gasteiger partial charge in [-0.25, -0.2) is 0 Å². The van der Waals surface area contributed by atoms with E-state index in [1.165, 1.54) is 38.4 Å². The van der Waals surface area contributed by atoms with Gasteiger partial charge >= 0.3 is 0 Å². The van der Waals surface area contributed by atoms with Crippen LogP contribution in [-0.2, 0) is 0 Å². The maximum Gasteiger partial charge on any atom is 0.124 e. The predicted molar refractivity (Wildman–Crippen MR) is 118 cm³/mol. The second-order valence-electron chi connectivity index (χ2n) is 7.34. The molecule has 1 unspecified atom stereocenters. The van der Waals surface area contributed by atoms with Crippen molar-refractivity contribution in [2.75, 3.05) is 14.2 Å². The summed E-state index contributed by atoms with van der Waals surface area (Å²) in [5.41, 5.74) is 6.66. The van der Waals surface area contributed by atoms with Gasteiger partial charge in [-0.1, -0.05) is 23.8 Å². The number of hydrogen-bond acceptors (Lipinski definition) is 2. The summed E-state index contributed by atoms with van der Waals surface area (Å²) >= 11 is 0. The Hall–Kier alpha value is -2.05. The van der Waals surface area contributed by atoms with E-state index in [-0.39, 0.29) is 0 Å². The molecule has 2 aromatic carbocycles. The summed E-state index contributed by atoms with van der Waals surface area (Å²) in [5.74, 6) is 1.98. The van der Waals surface area contributed by atoms with E-state index < -0.39 is 7.92 Å². The molecule has 1 atom stereocenters. The maximum atomic E-state index is 5.60. The highest BCUT2D eigenvalue weighted by molar-refractivity contribution is 7.74. The molecule has 27 heavy (non-hydrogen) atoms. The standard InChI is InChI=1S/C24H29O2P/c1-15-9-8-10-22(15)27(20-11-16(2)23(25-6)17(3)12-20)21-13-18(4)24(26-7)19(5)14-21/h8-14,22H,1-7H3. The minimum absolute atomic E-state index is 0.430. The van der Waals surface area contributed by atoms with Gasteiger partial charge in [0, 0.05) is 5.66 Å². The summed E-state index contributed by atoms with van der Waals surface area (Å²) in [4.78, 5) is 0. The van der Waals surface area contributed by atoms with Crippen molar-refractivity contribution in [3.05, 3.63) is 70.3 Å². The summed E-state index contributed by atoms with van der Waals surface area (Å²) < 4.78 is 11.2. The molecule has 0 aromatic heterocycles. The molecule has 1 aliphatic rings. The lowest BCUT2D eigenvalue weighted by molar-refractivity contribution is 0.408. The molecule has 0 amide bonds. The number of hydrogen-bond donors (Lipinski definition) is 0. The lowest BCUT2D eigenvalue weighted by Crippen LogP contribution is -2.22. The fraction of sp³-hybridized carbons (Fsp3) is 0.333. The van der Waals surface area contributed by atoms with Crippen LogP contribution in [0.15, 0.2) is 48.1 Å². The molecular formula is C24H29O2P. The third kappa shape index (κ3) is 3.69. The number of aryl methyl sites for hydroxylation is 4. The van der Waals surface area contributed by atoms with Crippen molar-refractivity contribution in [1.82, 2.24) is 0 Å². The van der Waals surface area contributed by atoms with E-state index in [1.807, 2.05) is 0 Å². The molecule has 0 saturated heterocycles. The van der Waals surface area contributed by atoms with Gasteiger partial charge in [-0.3, -0.25) is 0 Å². The van der Waals surface area contributed by atoms with Crippen LogP contribution in [0.2, 0.25) is 0 Å². The van der Waals surface area contributed by atoms with Crippen LogP contribution in [0.5, 0.6) is 11.5 Å². The van der Waals surface area contributed by atoms with Crippen molar-refractivity contribution >= 4 is 18.5 Å². The van der Waals surface area contributed by atoms with Crippen molar-refractivity contribution in [3.8, 4) is 11.5 Å². The fourth-order valence-corrected chi connectivity index (χ4v) is 7.14. The lowest BCUT2D eigenvalue weighted by atomic mass is 10.1. The third-order valence-corrected chi connectivity index (χ3v) is 8.02. The van der Waals surface area contributed by atoms with Crippen LogP contribution in [-0.4, -0.2) is 19.9 Å². The van der Waals surface area contributed by atoms with E-state index in [9.17, 15) is 0 Å². The molecule has 142 valence electrons. The molecule has 0 saturated carbocycles. The summed E-state index contributed by atoms with van der Waals surface area (Å²) in [7, 11) is 2.94. The molecule has 0 N–H and O–H groups in total. The van der Waals surface area contributed by atoms with Crippen LogP contribution in [0.3, 0.4) is 0 Å². The number of rotatable bonds is 5. The quantitative estimate of drug-likeness (QED) is 0.659. The Morgan fingerprint density at radius 1 is 0.704 bits per heavy atom. The van der Waals surface area contributed by atoms with Gasteiger partial charge in [-0.05, 0) is 99.7 Å². The first-order valence-corrected chi connectivity index (χ1v) is 10.7. The van der Waals surface area contributed by atoms with Gasteiger partial charge in [0.05, 0.1) is 14.2 Å². The van der Waals surface area contributed by atoms with Crippen LogP contribution in [0.4, 0.5) is 0 Å². The average Bonchev–Trinajstić information content (AvgIpc) is 3.00. The number of methoxy groups -OCH3 is 2. The largest absolute Gasteiger partial charge is 0.496 e. The first-order chi connectivity index (χ1) is 12.9. The first kappa shape index (κ1) is 19.7. The van der Waals surface area contributed by atoms with Crippen molar-refractivity contribution in [1.29, 1.82) is 0 Å². The Bertz CT molecular complexity index is 818. The van der Waals surface area contributed by atoms with Crippen LogP contribution in [0, 0.1) is 27.7 Å². The Morgan fingerprint density at radius 2 is 1.11 bits per heavy atom. The second kappa shape index (κ2) is 7.90. The van der Waals surface area contributed by atoms with E-state index >= 15 is 0 Å². The van der Waals surface area contributed by atoms with Gasteiger partial charge in [-0.15, -0.1) is 0 Å². The van der Waals surface area contributed by atoms with Gasteiger partial charge in [0.1, 0.15) is 11.5 Å². The zero-order valence-corrected chi connectivity index (χ0v) is 18.3. The molecule has 0 heterocycles. The molecule has 2 aromatic rings. The molecule has 0 spiro atoms. The maximum absolute atomic E-state index is 5.60. The van der Waals surface area contributed by atoms with Gasteiger partial charge in [0.2, 0.25) is 0 Å². The average molecular weight is 380 g/mol. The number of benzene rings is 2. The van der Waals surface area contributed by atoms with Gasteiger partial charge in [0.15, 0.2) is 0 Å². The smallest absolute Gasteiger partial charge is 0.124 e. The van der Waals surface area contributed by atoms with Crippen molar-refractivity contribution in [2.45, 2.75) is 40.3 Å². The summed E-state index contributed by atoms with van der Waals surface area (Å²) in [6, 6.07) is 9.25. The third-order valence-electron chi connectivity index (χ3n) is 5.25. The summed E-state index contributed by atoms with van der Waals surface area (Å²) in [5, 5.41) is 2.79.